The van der Waals surface area contributed by atoms with E-state index in [1.54, 1.807) is 0 Å². The Bertz CT molecular complexity index is 159. The van der Waals surface area contributed by atoms with E-state index < -0.39 is 8.07 Å². The van der Waals surface area contributed by atoms with E-state index in [-0.39, 0.29) is 0 Å². The topological polar surface area (TPSA) is 0 Å². The molecule has 0 amide bonds. The first kappa shape index (κ1) is 11.8. The van der Waals surface area contributed by atoms with Gasteiger partial charge in [0.25, 0.3) is 0 Å². The van der Waals surface area contributed by atoms with Crippen molar-refractivity contribution in [1.82, 2.24) is 0 Å². The van der Waals surface area contributed by atoms with E-state index in [0.29, 0.717) is 5.92 Å². The zero-order chi connectivity index (χ0) is 9.61. The summed E-state index contributed by atoms with van der Waals surface area (Å²) in [6.07, 6.45) is 0. The Kier molecular flexibility index (Phi) is 5.33. The summed E-state index contributed by atoms with van der Waals surface area (Å²) in [7, 11) is -1.14. The molecule has 0 aliphatic rings. The maximum Gasteiger partial charge on any atom is 0.137 e. The molecule has 70 valence electrons. The third-order valence-electron chi connectivity index (χ3n) is 2.66. The summed E-state index contributed by atoms with van der Waals surface area (Å²) in [5, 5.41) is 0. The van der Waals surface area contributed by atoms with Crippen molar-refractivity contribution < 1.29 is 0 Å². The minimum Gasteiger partial charge on any atom is -0.131 e. The molecule has 0 radical (unpaired) electrons. The molecule has 0 saturated heterocycles. The molecule has 0 atom stereocenters. The van der Waals surface area contributed by atoms with Gasteiger partial charge in [-0.3, -0.25) is 0 Å². The van der Waals surface area contributed by atoms with Gasteiger partial charge in [0.15, 0.2) is 0 Å². The highest BCUT2D eigenvalue weighted by atomic mass is 28.3. The van der Waals surface area contributed by atoms with Crippen molar-refractivity contribution in [1.29, 1.82) is 0 Å². The van der Waals surface area contributed by atoms with Crippen molar-refractivity contribution in [2.45, 2.75) is 52.8 Å². The van der Waals surface area contributed by atoms with E-state index in [4.69, 9.17) is 0 Å². The highest BCUT2D eigenvalue weighted by Gasteiger charge is 2.23. The molecule has 0 unspecified atom stereocenters. The summed E-state index contributed by atoms with van der Waals surface area (Å²) in [4.78, 5) is 0. The van der Waals surface area contributed by atoms with E-state index in [1.807, 2.05) is 0 Å². The van der Waals surface area contributed by atoms with Crippen LogP contribution >= 0.6 is 0 Å². The lowest BCUT2D eigenvalue weighted by molar-refractivity contribution is 0.867. The van der Waals surface area contributed by atoms with E-state index >= 15 is 0 Å². The molecule has 0 N–H and O–H groups in total. The Labute approximate surface area is 78.8 Å². The molecule has 0 aromatic rings. The molecular formula is C11H22Si. The Hall–Kier alpha value is -0.223. The Morgan fingerprint density at radius 3 is 1.67 bits per heavy atom. The van der Waals surface area contributed by atoms with Crippen molar-refractivity contribution in [3.05, 3.63) is 0 Å². The van der Waals surface area contributed by atoms with Crippen LogP contribution in [0.2, 0.25) is 18.1 Å². The molecule has 0 fully saturated rings. The number of hydrogen-bond donors (Lipinski definition) is 0. The van der Waals surface area contributed by atoms with Crippen LogP contribution < -0.4 is 0 Å². The summed E-state index contributed by atoms with van der Waals surface area (Å²) >= 11 is 0. The molecule has 0 saturated carbocycles. The molecule has 0 rings (SSSR count). The molecule has 1 heteroatoms. The third kappa shape index (κ3) is 3.45. The van der Waals surface area contributed by atoms with Gasteiger partial charge in [-0.15, -0.1) is 11.5 Å². The molecule has 0 aromatic heterocycles. The van der Waals surface area contributed by atoms with Gasteiger partial charge in [0.1, 0.15) is 8.07 Å². The first-order valence-electron chi connectivity index (χ1n) is 5.13. The lowest BCUT2D eigenvalue weighted by Crippen LogP contribution is -2.29. The minimum atomic E-state index is -1.14. The van der Waals surface area contributed by atoms with E-state index in [1.165, 1.54) is 18.1 Å². The molecule has 0 bridgehead atoms. The summed E-state index contributed by atoms with van der Waals surface area (Å²) < 4.78 is 0. The van der Waals surface area contributed by atoms with Crippen LogP contribution in [0.15, 0.2) is 0 Å². The molecule has 0 aromatic carbocycles. The van der Waals surface area contributed by atoms with Crippen LogP contribution in [0.4, 0.5) is 0 Å². The number of hydrogen-bond acceptors (Lipinski definition) is 0. The summed E-state index contributed by atoms with van der Waals surface area (Å²) in [6, 6.07) is 3.96. The van der Waals surface area contributed by atoms with E-state index in [0.717, 1.165) is 0 Å². The molecule has 0 aliphatic heterocycles. The van der Waals surface area contributed by atoms with Crippen LogP contribution in [0.5, 0.6) is 0 Å². The quantitative estimate of drug-likeness (QED) is 0.461. The largest absolute Gasteiger partial charge is 0.137 e. The average Bonchev–Trinajstić information content (AvgIpc) is 2.08. The Morgan fingerprint density at radius 2 is 1.42 bits per heavy atom. The van der Waals surface area contributed by atoms with Gasteiger partial charge in [0, 0.05) is 5.92 Å². The fourth-order valence-corrected chi connectivity index (χ4v) is 3.94. The highest BCUT2D eigenvalue weighted by Crippen LogP contribution is 2.18. The van der Waals surface area contributed by atoms with Gasteiger partial charge in [-0.25, -0.2) is 0 Å². The summed E-state index contributed by atoms with van der Waals surface area (Å²) in [6.45, 7) is 11.2. The average molecular weight is 182 g/mol. The van der Waals surface area contributed by atoms with Crippen LogP contribution in [0.3, 0.4) is 0 Å². The second-order valence-electron chi connectivity index (χ2n) is 3.77. The first-order chi connectivity index (χ1) is 5.60. The fraction of sp³-hybridized carbons (Fsp3) is 0.818. The van der Waals surface area contributed by atoms with E-state index in [2.05, 4.69) is 46.1 Å². The van der Waals surface area contributed by atoms with Gasteiger partial charge in [-0.05, 0) is 18.1 Å². The van der Waals surface area contributed by atoms with Crippen molar-refractivity contribution >= 4 is 8.07 Å². The van der Waals surface area contributed by atoms with Crippen LogP contribution in [0.1, 0.15) is 34.6 Å². The van der Waals surface area contributed by atoms with Gasteiger partial charge in [-0.2, -0.15) is 0 Å². The third-order valence-corrected chi connectivity index (χ3v) is 7.39. The highest BCUT2D eigenvalue weighted by molar-refractivity contribution is 6.87. The minimum absolute atomic E-state index is 0.543. The lowest BCUT2D eigenvalue weighted by Gasteiger charge is -2.20. The maximum absolute atomic E-state index is 3.57. The second kappa shape index (κ2) is 5.43. The summed E-state index contributed by atoms with van der Waals surface area (Å²) in [5.74, 6) is 3.89. The zero-order valence-electron chi connectivity index (χ0n) is 9.20. The van der Waals surface area contributed by atoms with Gasteiger partial charge in [0.05, 0.1) is 0 Å². The van der Waals surface area contributed by atoms with Crippen LogP contribution in [-0.2, 0) is 0 Å². The van der Waals surface area contributed by atoms with Crippen LogP contribution in [0.25, 0.3) is 0 Å². The number of rotatable bonds is 3. The SMILES string of the molecule is CC[Si](C#CC(C)C)(CC)CC. The predicted molar refractivity (Wildman–Crippen MR) is 59.8 cm³/mol. The molecule has 12 heavy (non-hydrogen) atoms. The predicted octanol–water partition coefficient (Wildman–Crippen LogP) is 3.69. The van der Waals surface area contributed by atoms with Crippen molar-refractivity contribution in [3.8, 4) is 11.5 Å². The van der Waals surface area contributed by atoms with Crippen molar-refractivity contribution in [2.24, 2.45) is 5.92 Å². The smallest absolute Gasteiger partial charge is 0.131 e. The monoisotopic (exact) mass is 182 g/mol. The second-order valence-corrected chi connectivity index (χ2v) is 8.70. The molecule has 0 nitrogen and oxygen atoms in total. The van der Waals surface area contributed by atoms with Crippen LogP contribution in [0, 0.1) is 17.4 Å². The molecule has 0 spiro atoms. The summed E-state index contributed by atoms with van der Waals surface area (Å²) in [5.41, 5.74) is 3.57. The first-order valence-corrected chi connectivity index (χ1v) is 7.75. The zero-order valence-corrected chi connectivity index (χ0v) is 10.2. The molecule has 0 aliphatic carbocycles. The van der Waals surface area contributed by atoms with Gasteiger partial charge >= 0.3 is 0 Å². The van der Waals surface area contributed by atoms with Gasteiger partial charge < -0.3 is 0 Å². The lowest BCUT2D eigenvalue weighted by atomic mass is 10.2. The fourth-order valence-electron chi connectivity index (χ4n) is 1.31. The van der Waals surface area contributed by atoms with Crippen molar-refractivity contribution in [3.63, 3.8) is 0 Å². The standard InChI is InChI=1S/C11H22Si/c1-6-12(7-2,8-3)10-9-11(4)5/h11H,6-8H2,1-5H3. The van der Waals surface area contributed by atoms with Gasteiger partial charge in [0.2, 0.25) is 0 Å². The maximum atomic E-state index is 3.57. The normalized spacial score (nSPS) is 11.2. The Balaban J connectivity index is 4.43. The Morgan fingerprint density at radius 1 is 1.00 bits per heavy atom. The van der Waals surface area contributed by atoms with Gasteiger partial charge in [-0.1, -0.05) is 34.6 Å². The van der Waals surface area contributed by atoms with Crippen molar-refractivity contribution in [2.75, 3.05) is 0 Å². The molecular weight excluding hydrogens is 160 g/mol. The van der Waals surface area contributed by atoms with Crippen LogP contribution in [-0.4, -0.2) is 8.07 Å². The molecule has 0 heterocycles. The van der Waals surface area contributed by atoms with E-state index in [9.17, 15) is 0 Å².